The Labute approximate surface area is 270 Å². The summed E-state index contributed by atoms with van der Waals surface area (Å²) in [6, 6.07) is 5.46. The van der Waals surface area contributed by atoms with Crippen molar-refractivity contribution in [3.05, 3.63) is 94.8 Å². The molecule has 3 aromatic rings. The lowest BCUT2D eigenvalue weighted by molar-refractivity contribution is -0.128. The highest BCUT2D eigenvalue weighted by Gasteiger charge is 2.44. The van der Waals surface area contributed by atoms with Gasteiger partial charge in [-0.15, -0.1) is 0 Å². The second-order valence-electron chi connectivity index (χ2n) is 12.4. The standard InChI is InChI=1S/C33H35F4N5O4S/c34-22-5-3-19(4-6-22)30(21-13-23(35)15-24(36)14-21)31(38)33(44)42(32(43)20-1-2-20)29-18-40-17-28(37)27(29)10-7-25-16-39-11-12-41(25)47(45,46)26-8-9-26/h3-6,13-15,17-18,20,25-26,30-31,39H,1-2,7-12,16,38H2/t25-,30-,31-/m0/s1. The number of rotatable bonds is 11. The number of benzene rings is 2. The van der Waals surface area contributed by atoms with E-state index < -0.39 is 74.3 Å². The van der Waals surface area contributed by atoms with Gasteiger partial charge in [-0.2, -0.15) is 4.31 Å². The summed E-state index contributed by atoms with van der Waals surface area (Å²) in [5, 5.41) is 2.78. The molecule has 14 heteroatoms. The van der Waals surface area contributed by atoms with Crippen LogP contribution in [0.25, 0.3) is 0 Å². The van der Waals surface area contributed by atoms with Crippen molar-refractivity contribution in [3.8, 4) is 0 Å². The molecular formula is C33H35F4N5O4S. The van der Waals surface area contributed by atoms with Crippen LogP contribution < -0.4 is 16.0 Å². The number of carbonyl (C=O) groups excluding carboxylic acids is 2. The molecule has 47 heavy (non-hydrogen) atoms. The second kappa shape index (κ2) is 13.4. The maximum atomic E-state index is 15.6. The molecule has 1 aliphatic heterocycles. The first kappa shape index (κ1) is 33.2. The fourth-order valence-corrected chi connectivity index (χ4v) is 8.32. The second-order valence-corrected chi connectivity index (χ2v) is 14.6. The molecule has 2 saturated carbocycles. The van der Waals surface area contributed by atoms with Crippen molar-refractivity contribution in [2.45, 2.75) is 61.8 Å². The molecule has 0 unspecified atom stereocenters. The Hall–Kier alpha value is -3.72. The summed E-state index contributed by atoms with van der Waals surface area (Å²) in [6.07, 6.45) is 4.50. The van der Waals surface area contributed by atoms with Crippen LogP contribution in [0.15, 0.2) is 54.9 Å². The van der Waals surface area contributed by atoms with E-state index in [4.69, 9.17) is 5.73 Å². The number of sulfonamides is 1. The third kappa shape index (κ3) is 7.10. The van der Waals surface area contributed by atoms with Gasteiger partial charge in [0.2, 0.25) is 15.9 Å². The Morgan fingerprint density at radius 3 is 2.28 bits per heavy atom. The molecule has 250 valence electrons. The minimum absolute atomic E-state index is 0.0148. The minimum atomic E-state index is -3.52. The molecule has 2 aromatic carbocycles. The maximum Gasteiger partial charge on any atom is 0.251 e. The van der Waals surface area contributed by atoms with Gasteiger partial charge in [0, 0.05) is 49.1 Å². The van der Waals surface area contributed by atoms with Gasteiger partial charge in [-0.1, -0.05) is 12.1 Å². The van der Waals surface area contributed by atoms with Crippen LogP contribution in [0.4, 0.5) is 23.2 Å². The van der Waals surface area contributed by atoms with Gasteiger partial charge >= 0.3 is 0 Å². The predicted molar refractivity (Wildman–Crippen MR) is 166 cm³/mol. The van der Waals surface area contributed by atoms with Crippen LogP contribution in [0, 0.1) is 29.2 Å². The van der Waals surface area contributed by atoms with Gasteiger partial charge in [0.15, 0.2) is 0 Å². The van der Waals surface area contributed by atoms with Crippen molar-refractivity contribution < 1.29 is 35.6 Å². The molecule has 2 heterocycles. The SMILES string of the molecule is N[C@H](C(=O)N(C(=O)C1CC1)c1cncc(F)c1CC[C@H]1CNCCN1S(=O)(=O)C1CC1)[C@@H](c1ccc(F)cc1)c1cc(F)cc(F)c1. The van der Waals surface area contributed by atoms with Crippen LogP contribution in [-0.4, -0.2) is 66.5 Å². The first-order valence-electron chi connectivity index (χ1n) is 15.6. The number of pyridine rings is 1. The van der Waals surface area contributed by atoms with Gasteiger partial charge in [-0.05, 0) is 73.9 Å². The van der Waals surface area contributed by atoms with E-state index in [0.29, 0.717) is 44.8 Å². The van der Waals surface area contributed by atoms with E-state index in [1.165, 1.54) is 22.6 Å². The highest BCUT2D eigenvalue weighted by Crippen LogP contribution is 2.38. The minimum Gasteiger partial charge on any atom is -0.319 e. The van der Waals surface area contributed by atoms with E-state index in [-0.39, 0.29) is 41.8 Å². The topological polar surface area (TPSA) is 126 Å². The van der Waals surface area contributed by atoms with E-state index in [1.54, 1.807) is 0 Å². The summed E-state index contributed by atoms with van der Waals surface area (Å²) in [5.41, 5.74) is 6.65. The van der Waals surface area contributed by atoms with Crippen LogP contribution in [-0.2, 0) is 26.0 Å². The Balaban J connectivity index is 1.35. The van der Waals surface area contributed by atoms with E-state index in [0.717, 1.165) is 35.4 Å². The van der Waals surface area contributed by atoms with Crippen LogP contribution in [0.5, 0.6) is 0 Å². The first-order chi connectivity index (χ1) is 22.5. The Morgan fingerprint density at radius 2 is 1.64 bits per heavy atom. The Kier molecular flexibility index (Phi) is 9.47. The quantitative estimate of drug-likeness (QED) is 0.297. The zero-order valence-corrected chi connectivity index (χ0v) is 26.2. The van der Waals surface area contributed by atoms with Crippen molar-refractivity contribution in [1.29, 1.82) is 0 Å². The fraction of sp³-hybridized carbons (Fsp3) is 0.424. The van der Waals surface area contributed by atoms with Gasteiger partial charge in [-0.3, -0.25) is 14.6 Å². The van der Waals surface area contributed by atoms with E-state index in [2.05, 4.69) is 10.3 Å². The zero-order valence-electron chi connectivity index (χ0n) is 25.4. The summed E-state index contributed by atoms with van der Waals surface area (Å²) in [7, 11) is -3.52. The number of hydrogen-bond acceptors (Lipinski definition) is 7. The molecule has 2 amide bonds. The number of piperazine rings is 1. The number of anilines is 1. The highest BCUT2D eigenvalue weighted by molar-refractivity contribution is 7.90. The molecule has 2 aliphatic carbocycles. The van der Waals surface area contributed by atoms with Crippen molar-refractivity contribution in [2.24, 2.45) is 11.7 Å². The van der Waals surface area contributed by atoms with Crippen LogP contribution in [0.1, 0.15) is 54.7 Å². The number of aromatic nitrogens is 1. The number of carbonyl (C=O) groups is 2. The van der Waals surface area contributed by atoms with E-state index in [1.807, 2.05) is 0 Å². The molecule has 9 nitrogen and oxygen atoms in total. The first-order valence-corrected chi connectivity index (χ1v) is 17.1. The Morgan fingerprint density at radius 1 is 0.957 bits per heavy atom. The summed E-state index contributed by atoms with van der Waals surface area (Å²) < 4.78 is 86.0. The van der Waals surface area contributed by atoms with E-state index in [9.17, 15) is 31.2 Å². The molecule has 1 aromatic heterocycles. The maximum absolute atomic E-state index is 15.6. The molecular weight excluding hydrogens is 638 g/mol. The summed E-state index contributed by atoms with van der Waals surface area (Å²) in [4.78, 5) is 32.8. The lowest BCUT2D eigenvalue weighted by atomic mass is 9.84. The van der Waals surface area contributed by atoms with Gasteiger partial charge < -0.3 is 11.1 Å². The number of nitrogens with zero attached hydrogens (tertiary/aromatic N) is 3. The Bertz CT molecular complexity index is 1750. The normalized spacial score (nSPS) is 20.1. The number of imide groups is 1. The molecule has 3 atom stereocenters. The van der Waals surface area contributed by atoms with Gasteiger partial charge in [0.25, 0.3) is 5.91 Å². The van der Waals surface area contributed by atoms with Gasteiger partial charge in [-0.25, -0.2) is 30.9 Å². The van der Waals surface area contributed by atoms with Gasteiger partial charge in [0.1, 0.15) is 23.3 Å². The number of hydrogen-bond donors (Lipinski definition) is 2. The third-order valence-electron chi connectivity index (χ3n) is 9.00. The molecule has 3 fully saturated rings. The largest absolute Gasteiger partial charge is 0.319 e. The van der Waals surface area contributed by atoms with Crippen molar-refractivity contribution in [2.75, 3.05) is 24.5 Å². The average Bonchev–Trinajstić information content (AvgIpc) is 3.95. The number of nitrogens with one attached hydrogen (secondary N) is 1. The summed E-state index contributed by atoms with van der Waals surface area (Å²) >= 11 is 0. The fourth-order valence-electron chi connectivity index (χ4n) is 6.27. The molecule has 3 N–H and O–H groups in total. The van der Waals surface area contributed by atoms with Crippen LogP contribution >= 0.6 is 0 Å². The van der Waals surface area contributed by atoms with Crippen molar-refractivity contribution in [3.63, 3.8) is 0 Å². The lowest BCUT2D eigenvalue weighted by Gasteiger charge is -2.35. The number of amides is 2. The van der Waals surface area contributed by atoms with Crippen molar-refractivity contribution in [1.82, 2.24) is 14.6 Å². The lowest BCUT2D eigenvalue weighted by Crippen LogP contribution is -2.54. The number of nitrogens with two attached hydrogens (primary N) is 1. The summed E-state index contributed by atoms with van der Waals surface area (Å²) in [5.74, 6) is -6.57. The summed E-state index contributed by atoms with van der Waals surface area (Å²) in [6.45, 7) is 1.12. The smallest absolute Gasteiger partial charge is 0.251 e. The average molecular weight is 674 g/mol. The monoisotopic (exact) mass is 673 g/mol. The highest BCUT2D eigenvalue weighted by atomic mass is 32.2. The number of halogens is 4. The van der Waals surface area contributed by atoms with Gasteiger partial charge in [0.05, 0.1) is 29.4 Å². The molecule has 1 saturated heterocycles. The van der Waals surface area contributed by atoms with Crippen LogP contribution in [0.2, 0.25) is 0 Å². The molecule has 0 spiro atoms. The van der Waals surface area contributed by atoms with Crippen molar-refractivity contribution >= 4 is 27.5 Å². The zero-order chi connectivity index (χ0) is 33.5. The molecule has 3 aliphatic rings. The molecule has 0 radical (unpaired) electrons. The third-order valence-corrected chi connectivity index (χ3v) is 11.5. The van der Waals surface area contributed by atoms with E-state index >= 15 is 4.39 Å². The predicted octanol–water partition coefficient (Wildman–Crippen LogP) is 3.77. The van der Waals surface area contributed by atoms with Crippen LogP contribution in [0.3, 0.4) is 0 Å². The molecule has 6 rings (SSSR count). The molecule has 0 bridgehead atoms.